The minimum absolute atomic E-state index is 0.872. The van der Waals surface area contributed by atoms with Crippen molar-refractivity contribution in [2.45, 2.75) is 52.8 Å². The second-order valence-electron chi connectivity index (χ2n) is 4.71. The molecule has 0 saturated carbocycles. The number of rotatable bonds is 5. The van der Waals surface area contributed by atoms with Gasteiger partial charge in [-0.3, -0.25) is 0 Å². The summed E-state index contributed by atoms with van der Waals surface area (Å²) in [5, 5.41) is 0. The zero-order valence-corrected chi connectivity index (χ0v) is 8.85. The van der Waals surface area contributed by atoms with Crippen LogP contribution in [0.2, 0.25) is 5.82 Å². The van der Waals surface area contributed by atoms with E-state index >= 15 is 0 Å². The fourth-order valence-electron chi connectivity index (χ4n) is 1.54. The Labute approximate surface area is 73.2 Å². The Balaban J connectivity index is 3.29. The van der Waals surface area contributed by atoms with Crippen LogP contribution in [0, 0.1) is 11.8 Å². The highest BCUT2D eigenvalue weighted by molar-refractivity contribution is 6.11. The van der Waals surface area contributed by atoms with E-state index in [4.69, 9.17) is 0 Å². The van der Waals surface area contributed by atoms with E-state index in [2.05, 4.69) is 35.5 Å². The number of hydrogen-bond donors (Lipinski definition) is 0. The fraction of sp³-hybridized carbons (Fsp3) is 1.00. The molecule has 0 heterocycles. The van der Waals surface area contributed by atoms with Crippen LogP contribution in [-0.4, -0.2) is 7.85 Å². The highest BCUT2D eigenvalue weighted by atomic mass is 14.1. The van der Waals surface area contributed by atoms with Gasteiger partial charge in [-0.05, 0) is 11.8 Å². The molecule has 0 aromatic rings. The molecule has 2 atom stereocenters. The quantitative estimate of drug-likeness (QED) is 0.534. The molecule has 2 unspecified atom stereocenters. The second-order valence-corrected chi connectivity index (χ2v) is 4.71. The third-order valence-electron chi connectivity index (χ3n) is 2.11. The molecule has 0 bridgehead atoms. The molecule has 0 aliphatic heterocycles. The Morgan fingerprint density at radius 3 is 1.91 bits per heavy atom. The SMILES string of the molecule is BC(C)CC(C)CCC(C)C. The van der Waals surface area contributed by atoms with Crippen molar-refractivity contribution in [2.24, 2.45) is 11.8 Å². The molecule has 0 amide bonds. The van der Waals surface area contributed by atoms with E-state index in [1.807, 2.05) is 0 Å². The Morgan fingerprint density at radius 1 is 1.00 bits per heavy atom. The Morgan fingerprint density at radius 2 is 1.55 bits per heavy atom. The summed E-state index contributed by atoms with van der Waals surface area (Å²) in [4.78, 5) is 0. The Kier molecular flexibility index (Phi) is 5.72. The molecule has 0 N–H and O–H groups in total. The van der Waals surface area contributed by atoms with Gasteiger partial charge in [-0.15, -0.1) is 0 Å². The first kappa shape index (κ1) is 11.1. The zero-order valence-electron chi connectivity index (χ0n) is 8.85. The molecule has 0 aliphatic carbocycles. The molecule has 11 heavy (non-hydrogen) atoms. The second kappa shape index (κ2) is 5.68. The van der Waals surface area contributed by atoms with E-state index in [9.17, 15) is 0 Å². The minimum Gasteiger partial charge on any atom is -0.0723 e. The van der Waals surface area contributed by atoms with Gasteiger partial charge < -0.3 is 0 Å². The van der Waals surface area contributed by atoms with Crippen LogP contribution in [0.3, 0.4) is 0 Å². The van der Waals surface area contributed by atoms with E-state index in [1.54, 1.807) is 0 Å². The first-order valence-corrected chi connectivity index (χ1v) is 5.02. The van der Waals surface area contributed by atoms with E-state index in [1.165, 1.54) is 19.3 Å². The summed E-state index contributed by atoms with van der Waals surface area (Å²) in [5.74, 6) is 2.68. The first-order chi connectivity index (χ1) is 5.02. The van der Waals surface area contributed by atoms with Crippen molar-refractivity contribution in [1.82, 2.24) is 0 Å². The van der Waals surface area contributed by atoms with Crippen LogP contribution in [-0.2, 0) is 0 Å². The average molecular weight is 154 g/mol. The van der Waals surface area contributed by atoms with E-state index < -0.39 is 0 Å². The normalized spacial score (nSPS) is 16.8. The maximum absolute atomic E-state index is 2.38. The van der Waals surface area contributed by atoms with Gasteiger partial charge in [-0.25, -0.2) is 0 Å². The van der Waals surface area contributed by atoms with Crippen LogP contribution < -0.4 is 0 Å². The van der Waals surface area contributed by atoms with Gasteiger partial charge in [0.25, 0.3) is 0 Å². The molecule has 1 heteroatoms. The summed E-state index contributed by atoms with van der Waals surface area (Å²) in [7, 11) is 2.31. The van der Waals surface area contributed by atoms with E-state index in [0.29, 0.717) is 0 Å². The maximum atomic E-state index is 2.38. The van der Waals surface area contributed by atoms with Gasteiger partial charge in [0.2, 0.25) is 0 Å². The lowest BCUT2D eigenvalue weighted by Crippen LogP contribution is -2.00. The van der Waals surface area contributed by atoms with Gasteiger partial charge in [0.05, 0.1) is 0 Å². The van der Waals surface area contributed by atoms with Crippen LogP contribution in [0.5, 0.6) is 0 Å². The predicted molar refractivity (Wildman–Crippen MR) is 55.8 cm³/mol. The summed E-state index contributed by atoms with van der Waals surface area (Å²) >= 11 is 0. The topological polar surface area (TPSA) is 0 Å². The summed E-state index contributed by atoms with van der Waals surface area (Å²) in [6.45, 7) is 9.30. The molecule has 0 spiro atoms. The van der Waals surface area contributed by atoms with E-state index in [0.717, 1.165) is 17.7 Å². The molecule has 0 nitrogen and oxygen atoms in total. The fourth-order valence-corrected chi connectivity index (χ4v) is 1.54. The molecule has 0 fully saturated rings. The summed E-state index contributed by atoms with van der Waals surface area (Å²) in [5.41, 5.74) is 0. The molecule has 0 aromatic heterocycles. The molecule has 0 radical (unpaired) electrons. The lowest BCUT2D eigenvalue weighted by Gasteiger charge is -2.14. The summed E-state index contributed by atoms with van der Waals surface area (Å²) < 4.78 is 0. The maximum Gasteiger partial charge on any atom is 0.105 e. The van der Waals surface area contributed by atoms with Crippen molar-refractivity contribution < 1.29 is 0 Å². The molecule has 0 aliphatic rings. The molecule has 0 rings (SSSR count). The molecular formula is C10H23B. The lowest BCUT2D eigenvalue weighted by molar-refractivity contribution is 0.425. The van der Waals surface area contributed by atoms with Gasteiger partial charge in [0, 0.05) is 0 Å². The third-order valence-corrected chi connectivity index (χ3v) is 2.11. The van der Waals surface area contributed by atoms with Crippen molar-refractivity contribution in [3.05, 3.63) is 0 Å². The van der Waals surface area contributed by atoms with Crippen LogP contribution in [0.1, 0.15) is 47.0 Å². The van der Waals surface area contributed by atoms with Crippen molar-refractivity contribution >= 4 is 7.85 Å². The van der Waals surface area contributed by atoms with Crippen LogP contribution in [0.25, 0.3) is 0 Å². The van der Waals surface area contributed by atoms with Gasteiger partial charge >= 0.3 is 0 Å². The smallest absolute Gasteiger partial charge is 0.0723 e. The van der Waals surface area contributed by atoms with E-state index in [-0.39, 0.29) is 0 Å². The van der Waals surface area contributed by atoms with Crippen LogP contribution in [0.15, 0.2) is 0 Å². The van der Waals surface area contributed by atoms with Crippen molar-refractivity contribution in [1.29, 1.82) is 0 Å². The summed E-state index contributed by atoms with van der Waals surface area (Å²) in [6, 6.07) is 0. The highest BCUT2D eigenvalue weighted by Gasteiger charge is 2.05. The standard InChI is InChI=1S/C10H23B/c1-8(2)5-6-9(3)7-10(4)11/h8-10H,5-7,11H2,1-4H3. The molecule has 0 saturated heterocycles. The Hall–Kier alpha value is 0.0649. The Bertz CT molecular complexity index is 86.9. The predicted octanol–water partition coefficient (Wildman–Crippen LogP) is 2.89. The largest absolute Gasteiger partial charge is 0.105 e. The van der Waals surface area contributed by atoms with Crippen molar-refractivity contribution in [3.8, 4) is 0 Å². The van der Waals surface area contributed by atoms with Gasteiger partial charge in [-0.2, -0.15) is 0 Å². The van der Waals surface area contributed by atoms with Gasteiger partial charge in [-0.1, -0.05) is 52.8 Å². The first-order valence-electron chi connectivity index (χ1n) is 5.02. The third kappa shape index (κ3) is 7.97. The van der Waals surface area contributed by atoms with Crippen LogP contribution in [0.4, 0.5) is 0 Å². The van der Waals surface area contributed by atoms with Crippen LogP contribution >= 0.6 is 0 Å². The molecule has 0 aromatic carbocycles. The molecular weight excluding hydrogens is 131 g/mol. The minimum atomic E-state index is 0.872. The van der Waals surface area contributed by atoms with Crippen molar-refractivity contribution in [2.75, 3.05) is 0 Å². The molecule has 66 valence electrons. The number of hydrogen-bond acceptors (Lipinski definition) is 0. The highest BCUT2D eigenvalue weighted by Crippen LogP contribution is 2.20. The van der Waals surface area contributed by atoms with Crippen molar-refractivity contribution in [3.63, 3.8) is 0 Å². The lowest BCUT2D eigenvalue weighted by atomic mass is 9.80. The zero-order chi connectivity index (χ0) is 8.85. The monoisotopic (exact) mass is 154 g/mol. The average Bonchev–Trinajstić information content (AvgIpc) is 1.82. The van der Waals surface area contributed by atoms with Gasteiger partial charge in [0.15, 0.2) is 0 Å². The summed E-state index contributed by atoms with van der Waals surface area (Å²) in [6.07, 6.45) is 4.20. The van der Waals surface area contributed by atoms with Gasteiger partial charge in [0.1, 0.15) is 7.85 Å².